The Hall–Kier alpha value is -2.69. The Morgan fingerprint density at radius 1 is 1.25 bits per heavy atom. The number of aryl methyl sites for hydroxylation is 1. The average Bonchev–Trinajstić information content (AvgIpc) is 3.16. The van der Waals surface area contributed by atoms with E-state index < -0.39 is 0 Å². The van der Waals surface area contributed by atoms with Crippen LogP contribution < -0.4 is 5.32 Å². The van der Waals surface area contributed by atoms with Crippen LogP contribution in [0.2, 0.25) is 0 Å². The second kappa shape index (κ2) is 11.8. The molecule has 3 rings (SSSR count). The molecule has 0 saturated carbocycles. The fourth-order valence-electron chi connectivity index (χ4n) is 4.21. The minimum atomic E-state index is 0.0141. The van der Waals surface area contributed by atoms with E-state index in [4.69, 9.17) is 10.00 Å². The number of ketones is 1. The number of rotatable bonds is 11. The van der Waals surface area contributed by atoms with Gasteiger partial charge in [-0.15, -0.1) is 0 Å². The number of fused-ring (bicyclic) bond motifs is 1. The largest absolute Gasteiger partial charge is 0.379 e. The van der Waals surface area contributed by atoms with Crippen molar-refractivity contribution in [3.63, 3.8) is 0 Å². The van der Waals surface area contributed by atoms with Crippen LogP contribution in [0.25, 0.3) is 10.9 Å². The quantitative estimate of drug-likeness (QED) is 0.429. The summed E-state index contributed by atoms with van der Waals surface area (Å²) in [6, 6.07) is 10.0. The van der Waals surface area contributed by atoms with Crippen molar-refractivity contribution >= 4 is 22.6 Å². The van der Waals surface area contributed by atoms with Crippen LogP contribution in [0, 0.1) is 17.2 Å². The topological polar surface area (TPSA) is 87.4 Å². The number of nitriles is 1. The van der Waals surface area contributed by atoms with Crippen molar-refractivity contribution in [1.82, 2.24) is 14.8 Å². The number of amides is 1. The van der Waals surface area contributed by atoms with Crippen molar-refractivity contribution in [3.05, 3.63) is 36.0 Å². The molecule has 1 aromatic heterocycles. The van der Waals surface area contributed by atoms with Crippen molar-refractivity contribution in [2.45, 2.75) is 52.2 Å². The number of ether oxygens (including phenoxy) is 1. The number of nitrogens with zero attached hydrogens (tertiary/aromatic N) is 3. The summed E-state index contributed by atoms with van der Waals surface area (Å²) in [4.78, 5) is 27.6. The van der Waals surface area contributed by atoms with Crippen molar-refractivity contribution in [3.8, 4) is 6.07 Å². The monoisotopic (exact) mass is 438 g/mol. The van der Waals surface area contributed by atoms with Gasteiger partial charge in [0, 0.05) is 48.3 Å². The molecule has 1 aromatic carbocycles. The Morgan fingerprint density at radius 3 is 2.72 bits per heavy atom. The predicted molar refractivity (Wildman–Crippen MR) is 124 cm³/mol. The van der Waals surface area contributed by atoms with Crippen LogP contribution in [-0.2, 0) is 16.1 Å². The van der Waals surface area contributed by atoms with E-state index in [9.17, 15) is 9.59 Å². The van der Waals surface area contributed by atoms with Gasteiger partial charge in [0.05, 0.1) is 25.1 Å². The number of carbonyl (C=O) groups excluding carboxylic acids is 2. The molecule has 1 amide bonds. The summed E-state index contributed by atoms with van der Waals surface area (Å²) in [5.41, 5.74) is 1.70. The maximum absolute atomic E-state index is 13.1. The summed E-state index contributed by atoms with van der Waals surface area (Å²) in [6.07, 6.45) is 4.86. The highest BCUT2D eigenvalue weighted by Crippen LogP contribution is 2.24. The van der Waals surface area contributed by atoms with E-state index in [2.05, 4.69) is 16.3 Å². The third-order valence-corrected chi connectivity index (χ3v) is 5.95. The van der Waals surface area contributed by atoms with Crippen LogP contribution in [0.3, 0.4) is 0 Å². The van der Waals surface area contributed by atoms with E-state index in [1.54, 1.807) is 0 Å². The second-order valence-electron chi connectivity index (χ2n) is 8.70. The maximum atomic E-state index is 13.1. The summed E-state index contributed by atoms with van der Waals surface area (Å²) in [6.45, 7) is 7.72. The first kappa shape index (κ1) is 24.0. The van der Waals surface area contributed by atoms with E-state index in [0.717, 1.165) is 43.3 Å². The Morgan fingerprint density at radius 2 is 2.00 bits per heavy atom. The van der Waals surface area contributed by atoms with Gasteiger partial charge < -0.3 is 14.6 Å². The van der Waals surface area contributed by atoms with Crippen LogP contribution >= 0.6 is 0 Å². The molecule has 0 atom stereocenters. The van der Waals surface area contributed by atoms with Crippen molar-refractivity contribution in [1.29, 1.82) is 5.26 Å². The molecule has 0 bridgehead atoms. The van der Waals surface area contributed by atoms with Crippen LogP contribution in [0.15, 0.2) is 30.5 Å². The first-order valence-electron chi connectivity index (χ1n) is 11.6. The van der Waals surface area contributed by atoms with Gasteiger partial charge in [-0.2, -0.15) is 5.26 Å². The molecular formula is C25H34N4O3. The van der Waals surface area contributed by atoms with Gasteiger partial charge in [-0.1, -0.05) is 18.2 Å². The van der Waals surface area contributed by atoms with Crippen LogP contribution in [0.4, 0.5) is 0 Å². The van der Waals surface area contributed by atoms with Gasteiger partial charge in [-0.05, 0) is 52.3 Å². The molecule has 2 heterocycles. The molecule has 172 valence electrons. The van der Waals surface area contributed by atoms with Crippen LogP contribution in [-0.4, -0.2) is 60.0 Å². The fraction of sp³-hybridized carbons (Fsp3) is 0.560. The molecule has 1 aliphatic rings. The molecule has 0 aliphatic carbocycles. The number of benzene rings is 1. The van der Waals surface area contributed by atoms with Gasteiger partial charge in [0.1, 0.15) is 0 Å². The number of likely N-dealkylation sites (tertiary alicyclic amines) is 1. The molecule has 1 fully saturated rings. The van der Waals surface area contributed by atoms with E-state index >= 15 is 0 Å². The zero-order valence-corrected chi connectivity index (χ0v) is 19.2. The zero-order chi connectivity index (χ0) is 22.9. The standard InChI is InChI=1S/C25H34N4O3/c1-19(2)32-16-6-12-27-25(31)20-9-14-28(15-10-20)18-24(30)22-17-29(13-5-11-26)23-8-4-3-7-21(22)23/h3-4,7-8,17,19-20H,5-6,9-10,12-16,18H2,1-2H3,(H,27,31). The maximum Gasteiger partial charge on any atom is 0.223 e. The molecule has 0 spiro atoms. The normalized spacial score (nSPS) is 15.2. The Bertz CT molecular complexity index is 952. The molecule has 1 saturated heterocycles. The lowest BCUT2D eigenvalue weighted by molar-refractivity contribution is -0.126. The highest BCUT2D eigenvalue weighted by atomic mass is 16.5. The number of nitrogens with one attached hydrogen (secondary N) is 1. The van der Waals surface area contributed by atoms with Gasteiger partial charge in [0.2, 0.25) is 5.91 Å². The summed E-state index contributed by atoms with van der Waals surface area (Å²) >= 11 is 0. The smallest absolute Gasteiger partial charge is 0.223 e. The number of piperidine rings is 1. The fourth-order valence-corrected chi connectivity index (χ4v) is 4.21. The van der Waals surface area contributed by atoms with Gasteiger partial charge in [0.25, 0.3) is 0 Å². The van der Waals surface area contributed by atoms with Crippen LogP contribution in [0.5, 0.6) is 0 Å². The van der Waals surface area contributed by atoms with E-state index in [1.165, 1.54) is 0 Å². The highest BCUT2D eigenvalue weighted by Gasteiger charge is 2.26. The van der Waals surface area contributed by atoms with Gasteiger partial charge >= 0.3 is 0 Å². The number of hydrogen-bond acceptors (Lipinski definition) is 5. The molecule has 1 N–H and O–H groups in total. The summed E-state index contributed by atoms with van der Waals surface area (Å²) in [5.74, 6) is 0.214. The first-order chi connectivity index (χ1) is 15.5. The summed E-state index contributed by atoms with van der Waals surface area (Å²) < 4.78 is 7.49. The third kappa shape index (κ3) is 6.41. The lowest BCUT2D eigenvalue weighted by Gasteiger charge is -2.30. The number of Topliss-reactive ketones (excluding diaryl/α,β-unsaturated/α-hetero) is 1. The molecule has 2 aromatic rings. The number of hydrogen-bond donors (Lipinski definition) is 1. The molecule has 7 heteroatoms. The average molecular weight is 439 g/mol. The van der Waals surface area contributed by atoms with E-state index in [0.29, 0.717) is 38.2 Å². The van der Waals surface area contributed by atoms with Crippen molar-refractivity contribution < 1.29 is 14.3 Å². The Labute approximate surface area is 190 Å². The van der Waals surface area contributed by atoms with Crippen molar-refractivity contribution in [2.75, 3.05) is 32.8 Å². The number of aromatic nitrogens is 1. The number of carbonyl (C=O) groups is 2. The van der Waals surface area contributed by atoms with E-state index in [-0.39, 0.29) is 23.7 Å². The Balaban J connectivity index is 1.49. The molecule has 0 unspecified atom stereocenters. The minimum Gasteiger partial charge on any atom is -0.379 e. The summed E-state index contributed by atoms with van der Waals surface area (Å²) in [5, 5.41) is 12.9. The highest BCUT2D eigenvalue weighted by molar-refractivity contribution is 6.09. The lowest BCUT2D eigenvalue weighted by Crippen LogP contribution is -2.42. The summed E-state index contributed by atoms with van der Waals surface area (Å²) in [7, 11) is 0. The number of para-hydroxylation sites is 1. The van der Waals surface area contributed by atoms with E-state index in [1.807, 2.05) is 48.9 Å². The first-order valence-corrected chi connectivity index (χ1v) is 11.6. The molecular weight excluding hydrogens is 404 g/mol. The predicted octanol–water partition coefficient (Wildman–Crippen LogP) is 3.38. The molecule has 32 heavy (non-hydrogen) atoms. The second-order valence-corrected chi connectivity index (χ2v) is 8.70. The molecule has 7 nitrogen and oxygen atoms in total. The van der Waals surface area contributed by atoms with Crippen molar-refractivity contribution in [2.24, 2.45) is 5.92 Å². The zero-order valence-electron chi connectivity index (χ0n) is 19.2. The minimum absolute atomic E-state index is 0.0141. The molecule has 0 radical (unpaired) electrons. The SMILES string of the molecule is CC(C)OCCCNC(=O)C1CCN(CC(=O)c2cn(CCC#N)c3ccccc23)CC1. The Kier molecular flexibility index (Phi) is 8.83. The third-order valence-electron chi connectivity index (χ3n) is 5.95. The van der Waals surface area contributed by atoms with Gasteiger partial charge in [-0.3, -0.25) is 14.5 Å². The van der Waals surface area contributed by atoms with Gasteiger partial charge in [-0.25, -0.2) is 0 Å². The van der Waals surface area contributed by atoms with Crippen LogP contribution in [0.1, 0.15) is 49.9 Å². The lowest BCUT2D eigenvalue weighted by atomic mass is 9.95. The van der Waals surface area contributed by atoms with Gasteiger partial charge in [0.15, 0.2) is 5.78 Å². The molecule has 1 aliphatic heterocycles.